The molecule has 8 heavy (non-hydrogen) atoms. The van der Waals surface area contributed by atoms with Crippen molar-refractivity contribution in [2.75, 3.05) is 27.1 Å². The lowest BCUT2D eigenvalue weighted by Gasteiger charge is -1.97. The van der Waals surface area contributed by atoms with Gasteiger partial charge >= 0.3 is 0 Å². The van der Waals surface area contributed by atoms with Crippen LogP contribution in [0.15, 0.2) is 0 Å². The summed E-state index contributed by atoms with van der Waals surface area (Å²) in [5.74, 6) is 0. The Morgan fingerprint density at radius 3 is 2.62 bits per heavy atom. The van der Waals surface area contributed by atoms with Crippen LogP contribution in [0.5, 0.6) is 0 Å². The van der Waals surface area contributed by atoms with Crippen LogP contribution in [0.4, 0.5) is 0 Å². The molecule has 1 N–H and O–H groups in total. The fourth-order valence-corrected chi connectivity index (χ4v) is 0.370. The highest BCUT2D eigenvalue weighted by Gasteiger charge is 1.82. The summed E-state index contributed by atoms with van der Waals surface area (Å²) in [6, 6.07) is 0. The third-order valence-corrected chi connectivity index (χ3v) is 0.728. The lowest BCUT2D eigenvalue weighted by atomic mass is 10.5. The van der Waals surface area contributed by atoms with Crippen molar-refractivity contribution in [3.05, 3.63) is 0 Å². The van der Waals surface area contributed by atoms with Crippen molar-refractivity contribution in [1.29, 1.82) is 0 Å². The van der Waals surface area contributed by atoms with Gasteiger partial charge in [0.15, 0.2) is 0 Å². The average molecular weight is 120 g/mol. The number of ether oxygens (including phenoxy) is 2. The third-order valence-electron chi connectivity index (χ3n) is 0.728. The normalized spacial score (nSPS) is 9.75. The minimum atomic E-state index is -0.191. The quantitative estimate of drug-likeness (QED) is 0.409. The van der Waals surface area contributed by atoms with Gasteiger partial charge < -0.3 is 14.6 Å². The fraction of sp³-hybridized carbons (Fsp3) is 1.00. The van der Waals surface area contributed by atoms with E-state index in [1.165, 1.54) is 0 Å². The Kier molecular flexibility index (Phi) is 6.78. The molecule has 0 unspecified atom stereocenters. The van der Waals surface area contributed by atoms with E-state index < -0.39 is 0 Å². The molecular weight excluding hydrogens is 108 g/mol. The second kappa shape index (κ2) is 6.88. The van der Waals surface area contributed by atoms with Gasteiger partial charge in [0.05, 0.1) is 6.61 Å². The van der Waals surface area contributed by atoms with E-state index in [0.717, 1.165) is 6.42 Å². The largest absolute Gasteiger partial charge is 0.385 e. The van der Waals surface area contributed by atoms with Crippen LogP contribution in [-0.2, 0) is 9.47 Å². The second-order valence-corrected chi connectivity index (χ2v) is 1.38. The van der Waals surface area contributed by atoms with Gasteiger partial charge in [-0.15, -0.1) is 0 Å². The molecule has 0 bridgehead atoms. The molecule has 0 rings (SSSR count). The number of hydrogen-bond donors (Lipinski definition) is 1. The highest BCUT2D eigenvalue weighted by atomic mass is 16.6. The molecule has 0 amide bonds. The molecule has 0 aromatic rings. The fourth-order valence-electron chi connectivity index (χ4n) is 0.370. The average Bonchev–Trinajstić information content (AvgIpc) is 1.81. The Morgan fingerprint density at radius 2 is 2.12 bits per heavy atom. The standard InChI is InChI=1S/C5H12O3/c1-7-3-2-4-8-5-6/h6H,2-5H2,1H3. The SMILES string of the molecule is COCCCOCO. The molecule has 0 saturated carbocycles. The summed E-state index contributed by atoms with van der Waals surface area (Å²) in [6.45, 7) is 1.08. The predicted octanol–water partition coefficient (Wildman–Crippen LogP) is -0.0107. The van der Waals surface area contributed by atoms with E-state index in [1.54, 1.807) is 7.11 Å². The third kappa shape index (κ3) is 5.88. The maximum absolute atomic E-state index is 8.10. The van der Waals surface area contributed by atoms with Crippen molar-refractivity contribution in [1.82, 2.24) is 0 Å². The summed E-state index contributed by atoms with van der Waals surface area (Å²) >= 11 is 0. The first-order valence-corrected chi connectivity index (χ1v) is 2.59. The van der Waals surface area contributed by atoms with E-state index in [4.69, 9.17) is 9.84 Å². The summed E-state index contributed by atoms with van der Waals surface area (Å²) in [5, 5.41) is 8.10. The topological polar surface area (TPSA) is 38.7 Å². The molecule has 0 saturated heterocycles. The lowest BCUT2D eigenvalue weighted by molar-refractivity contribution is -0.00814. The Hall–Kier alpha value is -0.120. The van der Waals surface area contributed by atoms with Crippen molar-refractivity contribution >= 4 is 0 Å². The van der Waals surface area contributed by atoms with Gasteiger partial charge in [-0.1, -0.05) is 0 Å². The minimum Gasteiger partial charge on any atom is -0.385 e. The zero-order chi connectivity index (χ0) is 6.24. The van der Waals surface area contributed by atoms with Crippen molar-refractivity contribution in [2.45, 2.75) is 6.42 Å². The first kappa shape index (κ1) is 7.88. The summed E-state index contributed by atoms with van der Waals surface area (Å²) in [5.41, 5.74) is 0. The molecule has 0 atom stereocenters. The highest BCUT2D eigenvalue weighted by Crippen LogP contribution is 1.80. The summed E-state index contributed by atoms with van der Waals surface area (Å²) in [6.07, 6.45) is 0.844. The van der Waals surface area contributed by atoms with Crippen molar-refractivity contribution in [3.8, 4) is 0 Å². The second-order valence-electron chi connectivity index (χ2n) is 1.38. The maximum Gasteiger partial charge on any atom is 0.143 e. The van der Waals surface area contributed by atoms with Crippen LogP contribution >= 0.6 is 0 Å². The van der Waals surface area contributed by atoms with E-state index in [0.29, 0.717) is 13.2 Å². The summed E-state index contributed by atoms with van der Waals surface area (Å²) in [7, 11) is 1.64. The molecule has 0 heterocycles. The van der Waals surface area contributed by atoms with Crippen molar-refractivity contribution < 1.29 is 14.6 Å². The monoisotopic (exact) mass is 120 g/mol. The molecule has 0 aliphatic carbocycles. The number of aliphatic hydroxyl groups is 1. The van der Waals surface area contributed by atoms with Crippen LogP contribution in [0.25, 0.3) is 0 Å². The smallest absolute Gasteiger partial charge is 0.143 e. The zero-order valence-electron chi connectivity index (χ0n) is 5.09. The Morgan fingerprint density at radius 1 is 1.38 bits per heavy atom. The van der Waals surface area contributed by atoms with Gasteiger partial charge in [-0.3, -0.25) is 0 Å². The van der Waals surface area contributed by atoms with E-state index in [-0.39, 0.29) is 6.79 Å². The molecule has 0 aromatic heterocycles. The van der Waals surface area contributed by atoms with Crippen LogP contribution in [0.1, 0.15) is 6.42 Å². The van der Waals surface area contributed by atoms with Crippen LogP contribution in [0, 0.1) is 0 Å². The van der Waals surface area contributed by atoms with Crippen LogP contribution in [0.2, 0.25) is 0 Å². The van der Waals surface area contributed by atoms with Crippen molar-refractivity contribution in [3.63, 3.8) is 0 Å². The summed E-state index contributed by atoms with van der Waals surface area (Å²) < 4.78 is 9.34. The first-order chi connectivity index (χ1) is 3.91. The molecule has 0 fully saturated rings. The number of rotatable bonds is 5. The zero-order valence-corrected chi connectivity index (χ0v) is 5.09. The molecular formula is C5H12O3. The molecule has 3 nitrogen and oxygen atoms in total. The highest BCUT2D eigenvalue weighted by molar-refractivity contribution is 4.29. The number of aliphatic hydroxyl groups excluding tert-OH is 1. The van der Waals surface area contributed by atoms with E-state index >= 15 is 0 Å². The molecule has 0 aromatic carbocycles. The Labute approximate surface area is 49.2 Å². The van der Waals surface area contributed by atoms with Crippen molar-refractivity contribution in [2.24, 2.45) is 0 Å². The van der Waals surface area contributed by atoms with E-state index in [1.807, 2.05) is 0 Å². The van der Waals surface area contributed by atoms with Gasteiger partial charge in [-0.2, -0.15) is 0 Å². The Bertz CT molecular complexity index is 32.7. The van der Waals surface area contributed by atoms with Gasteiger partial charge in [-0.05, 0) is 6.42 Å². The van der Waals surface area contributed by atoms with Crippen LogP contribution in [0.3, 0.4) is 0 Å². The number of methoxy groups -OCH3 is 1. The van der Waals surface area contributed by atoms with Gasteiger partial charge in [0, 0.05) is 13.7 Å². The molecule has 0 spiro atoms. The molecule has 0 aliphatic rings. The lowest BCUT2D eigenvalue weighted by Crippen LogP contribution is -1.98. The molecule has 0 aliphatic heterocycles. The van der Waals surface area contributed by atoms with Crippen LogP contribution < -0.4 is 0 Å². The minimum absolute atomic E-state index is 0.191. The number of hydrogen-bond acceptors (Lipinski definition) is 3. The van der Waals surface area contributed by atoms with Gasteiger partial charge in [-0.25, -0.2) is 0 Å². The van der Waals surface area contributed by atoms with E-state index in [9.17, 15) is 0 Å². The maximum atomic E-state index is 8.10. The first-order valence-electron chi connectivity index (χ1n) is 2.59. The molecule has 3 heteroatoms. The van der Waals surface area contributed by atoms with Gasteiger partial charge in [0.2, 0.25) is 0 Å². The molecule has 50 valence electrons. The Balaban J connectivity index is 2.53. The van der Waals surface area contributed by atoms with Gasteiger partial charge in [0.25, 0.3) is 0 Å². The predicted molar refractivity (Wildman–Crippen MR) is 29.5 cm³/mol. The van der Waals surface area contributed by atoms with Gasteiger partial charge in [0.1, 0.15) is 6.79 Å². The van der Waals surface area contributed by atoms with Crippen LogP contribution in [-0.4, -0.2) is 32.2 Å². The molecule has 0 radical (unpaired) electrons. The summed E-state index contributed by atoms with van der Waals surface area (Å²) in [4.78, 5) is 0. The van der Waals surface area contributed by atoms with E-state index in [2.05, 4.69) is 4.74 Å².